The van der Waals surface area contributed by atoms with Gasteiger partial charge in [-0.1, -0.05) is 6.08 Å². The third-order valence-corrected chi connectivity index (χ3v) is 4.92. The average Bonchev–Trinajstić information content (AvgIpc) is 2.48. The van der Waals surface area contributed by atoms with E-state index in [1.165, 1.54) is 11.8 Å². The van der Waals surface area contributed by atoms with Gasteiger partial charge in [-0.05, 0) is 30.3 Å². The fourth-order valence-electron chi connectivity index (χ4n) is 2.86. The quantitative estimate of drug-likeness (QED) is 0.686. The van der Waals surface area contributed by atoms with Crippen molar-refractivity contribution in [2.45, 2.75) is 19.3 Å². The summed E-state index contributed by atoms with van der Waals surface area (Å²) in [5, 5.41) is 0.733. The van der Waals surface area contributed by atoms with Crippen LogP contribution in [0.2, 0.25) is 0 Å². The molecule has 102 valence electrons. The van der Waals surface area contributed by atoms with Crippen molar-refractivity contribution in [3.63, 3.8) is 0 Å². The molecule has 1 saturated carbocycles. The largest absolute Gasteiger partial charge is 0.479 e. The van der Waals surface area contributed by atoms with Crippen LogP contribution in [0.4, 0.5) is 0 Å². The van der Waals surface area contributed by atoms with Crippen LogP contribution in [0.5, 0.6) is 0 Å². The predicted molar refractivity (Wildman–Crippen MR) is 73.3 cm³/mol. The van der Waals surface area contributed by atoms with Gasteiger partial charge in [0.2, 0.25) is 5.09 Å². The molecule has 1 fully saturated rings. The lowest BCUT2D eigenvalue weighted by atomic mass is 9.77. The number of allylic oxidation sites excluding steroid dienone is 3. The van der Waals surface area contributed by atoms with Gasteiger partial charge in [-0.3, -0.25) is 9.59 Å². The molecule has 0 spiro atoms. The van der Waals surface area contributed by atoms with Gasteiger partial charge < -0.3 is 9.47 Å². The summed E-state index contributed by atoms with van der Waals surface area (Å²) in [5.74, 6) is 1.07. The maximum atomic E-state index is 12.2. The molecule has 4 aliphatic rings. The number of ketones is 2. The van der Waals surface area contributed by atoms with E-state index in [1.807, 2.05) is 18.2 Å². The van der Waals surface area contributed by atoms with E-state index in [9.17, 15) is 9.59 Å². The van der Waals surface area contributed by atoms with Gasteiger partial charge in [0.25, 0.3) is 0 Å². The highest BCUT2D eigenvalue weighted by atomic mass is 32.2. The summed E-state index contributed by atoms with van der Waals surface area (Å²) >= 11 is 1.48. The van der Waals surface area contributed by atoms with E-state index in [1.54, 1.807) is 0 Å². The molecule has 2 aliphatic carbocycles. The van der Waals surface area contributed by atoms with Crippen LogP contribution < -0.4 is 0 Å². The maximum absolute atomic E-state index is 12.2. The van der Waals surface area contributed by atoms with Crippen LogP contribution in [-0.2, 0) is 19.1 Å². The Labute approximate surface area is 120 Å². The smallest absolute Gasteiger partial charge is 0.201 e. The first kappa shape index (κ1) is 12.0. The molecule has 0 bridgehead atoms. The highest BCUT2D eigenvalue weighted by Crippen LogP contribution is 2.48. The Kier molecular flexibility index (Phi) is 2.63. The van der Waals surface area contributed by atoms with Crippen molar-refractivity contribution in [1.82, 2.24) is 0 Å². The molecule has 0 saturated heterocycles. The van der Waals surface area contributed by atoms with Crippen molar-refractivity contribution in [2.75, 3.05) is 6.61 Å². The monoisotopic (exact) mass is 288 g/mol. The number of ether oxygens (including phenoxy) is 2. The average molecular weight is 288 g/mol. The predicted octanol–water partition coefficient (Wildman–Crippen LogP) is 2.60. The molecule has 0 aromatic carbocycles. The van der Waals surface area contributed by atoms with Crippen LogP contribution in [0.25, 0.3) is 0 Å². The molecule has 20 heavy (non-hydrogen) atoms. The van der Waals surface area contributed by atoms with Crippen LogP contribution >= 0.6 is 11.8 Å². The molecule has 4 rings (SSSR count). The van der Waals surface area contributed by atoms with Crippen molar-refractivity contribution < 1.29 is 19.1 Å². The topological polar surface area (TPSA) is 52.6 Å². The maximum Gasteiger partial charge on any atom is 0.201 e. The van der Waals surface area contributed by atoms with E-state index in [0.29, 0.717) is 43.0 Å². The van der Waals surface area contributed by atoms with Crippen LogP contribution in [0.1, 0.15) is 19.3 Å². The van der Waals surface area contributed by atoms with Gasteiger partial charge in [0.1, 0.15) is 18.1 Å². The standard InChI is InChI=1S/C15H12O4S/c16-9-4-5-10(17)13-8(9)3-6-12-14(13)19-11-2-1-7-18-15(11)20-12/h1-2,6,8H,3-5,7H2. The molecule has 2 heterocycles. The molecular weight excluding hydrogens is 276 g/mol. The molecule has 5 heteroatoms. The second kappa shape index (κ2) is 4.38. The molecule has 0 aromatic rings. The first-order chi connectivity index (χ1) is 9.74. The van der Waals surface area contributed by atoms with Gasteiger partial charge in [0.15, 0.2) is 11.5 Å². The second-order valence-corrected chi connectivity index (χ2v) is 6.07. The van der Waals surface area contributed by atoms with Crippen molar-refractivity contribution in [1.29, 1.82) is 0 Å². The molecule has 1 atom stereocenters. The molecule has 0 radical (unpaired) electrons. The summed E-state index contributed by atoms with van der Waals surface area (Å²) in [5.41, 5.74) is 0.566. The van der Waals surface area contributed by atoms with E-state index in [-0.39, 0.29) is 17.5 Å². The zero-order valence-electron chi connectivity index (χ0n) is 10.7. The Morgan fingerprint density at radius 1 is 1.25 bits per heavy atom. The Balaban J connectivity index is 1.82. The number of thioether (sulfide) groups is 1. The fraction of sp³-hybridized carbons (Fsp3) is 0.333. The van der Waals surface area contributed by atoms with E-state index >= 15 is 0 Å². The summed E-state index contributed by atoms with van der Waals surface area (Å²) in [7, 11) is 0. The van der Waals surface area contributed by atoms with Crippen LogP contribution in [0.15, 0.2) is 45.3 Å². The number of rotatable bonds is 0. The van der Waals surface area contributed by atoms with Crippen molar-refractivity contribution in [2.24, 2.45) is 5.92 Å². The lowest BCUT2D eigenvalue weighted by Gasteiger charge is -2.33. The minimum Gasteiger partial charge on any atom is -0.479 e. The summed E-state index contributed by atoms with van der Waals surface area (Å²) < 4.78 is 11.4. The van der Waals surface area contributed by atoms with Crippen LogP contribution in [0.3, 0.4) is 0 Å². The minimum atomic E-state index is -0.314. The third-order valence-electron chi connectivity index (χ3n) is 3.84. The minimum absolute atomic E-state index is 0.0422. The summed E-state index contributed by atoms with van der Waals surface area (Å²) in [4.78, 5) is 25.1. The Morgan fingerprint density at radius 2 is 2.15 bits per heavy atom. The van der Waals surface area contributed by atoms with Crippen molar-refractivity contribution in [3.05, 3.63) is 45.3 Å². The molecule has 4 nitrogen and oxygen atoms in total. The van der Waals surface area contributed by atoms with E-state index in [2.05, 4.69) is 0 Å². The summed E-state index contributed by atoms with van der Waals surface area (Å²) in [6.45, 7) is 0.536. The number of hydrogen-bond donors (Lipinski definition) is 0. The molecule has 1 unspecified atom stereocenters. The normalized spacial score (nSPS) is 28.2. The number of hydrogen-bond acceptors (Lipinski definition) is 5. The molecule has 0 amide bonds. The van der Waals surface area contributed by atoms with E-state index in [4.69, 9.17) is 9.47 Å². The van der Waals surface area contributed by atoms with Crippen molar-refractivity contribution >= 4 is 23.3 Å². The first-order valence-electron chi connectivity index (χ1n) is 6.64. The zero-order valence-corrected chi connectivity index (χ0v) is 11.5. The number of carbonyl (C=O) groups excluding carboxylic acids is 2. The lowest BCUT2D eigenvalue weighted by Crippen LogP contribution is -2.32. The Hall–Kier alpha value is -1.75. The Morgan fingerprint density at radius 3 is 3.05 bits per heavy atom. The van der Waals surface area contributed by atoms with Crippen LogP contribution in [-0.4, -0.2) is 18.2 Å². The molecule has 0 N–H and O–H groups in total. The van der Waals surface area contributed by atoms with Gasteiger partial charge in [-0.25, -0.2) is 0 Å². The summed E-state index contributed by atoms with van der Waals surface area (Å²) in [6, 6.07) is 0. The van der Waals surface area contributed by atoms with E-state index in [0.717, 1.165) is 10.00 Å². The third kappa shape index (κ3) is 1.69. The van der Waals surface area contributed by atoms with Gasteiger partial charge in [0, 0.05) is 18.4 Å². The van der Waals surface area contributed by atoms with Gasteiger partial charge >= 0.3 is 0 Å². The number of carbonyl (C=O) groups is 2. The first-order valence-corrected chi connectivity index (χ1v) is 7.45. The zero-order chi connectivity index (χ0) is 13.7. The summed E-state index contributed by atoms with van der Waals surface area (Å²) in [6.07, 6.45) is 6.95. The fourth-order valence-corrected chi connectivity index (χ4v) is 3.82. The van der Waals surface area contributed by atoms with Crippen molar-refractivity contribution in [3.8, 4) is 0 Å². The second-order valence-electron chi connectivity index (χ2n) is 5.06. The van der Waals surface area contributed by atoms with Gasteiger partial charge in [-0.2, -0.15) is 0 Å². The number of fused-ring (bicyclic) bond motifs is 2. The van der Waals surface area contributed by atoms with Crippen LogP contribution in [0, 0.1) is 5.92 Å². The van der Waals surface area contributed by atoms with E-state index < -0.39 is 0 Å². The van der Waals surface area contributed by atoms with Gasteiger partial charge in [0.05, 0.1) is 10.8 Å². The Bertz CT molecular complexity index is 651. The molecule has 0 aromatic heterocycles. The number of Topliss-reactive ketones (excluding diaryl/α,β-unsaturated/α-hetero) is 2. The SMILES string of the molecule is O=C1CCC(=O)C2CC=C3SC4=C(C=CCO4)OC3=C12. The van der Waals surface area contributed by atoms with Gasteiger partial charge in [-0.15, -0.1) is 0 Å². The highest BCUT2D eigenvalue weighted by Gasteiger charge is 2.40. The lowest BCUT2D eigenvalue weighted by molar-refractivity contribution is -0.129. The molecule has 2 aliphatic heterocycles. The highest BCUT2D eigenvalue weighted by molar-refractivity contribution is 8.06. The molecular formula is C15H12O4S.